The lowest BCUT2D eigenvalue weighted by Crippen LogP contribution is -2.40. The van der Waals surface area contributed by atoms with Crippen LogP contribution in [-0.4, -0.2) is 30.8 Å². The molecule has 6 heteroatoms. The van der Waals surface area contributed by atoms with Crippen LogP contribution in [0.25, 0.3) is 0 Å². The Morgan fingerprint density at radius 1 is 1.40 bits per heavy atom. The number of benzene rings is 1. The average molecular weight is 319 g/mol. The van der Waals surface area contributed by atoms with Gasteiger partial charge in [0.1, 0.15) is 5.82 Å². The van der Waals surface area contributed by atoms with E-state index in [1.165, 1.54) is 12.1 Å². The third-order valence-corrected chi connectivity index (χ3v) is 4.18. The normalized spacial score (nSPS) is 17.6. The van der Waals surface area contributed by atoms with Crippen molar-refractivity contribution < 1.29 is 9.18 Å². The lowest BCUT2D eigenvalue weighted by Gasteiger charge is -2.10. The lowest BCUT2D eigenvalue weighted by molar-refractivity contribution is -0.122. The zero-order chi connectivity index (χ0) is 13.5. The fraction of sp³-hybridized carbons (Fsp3) is 0.500. The molecule has 1 amide bonds. The summed E-state index contributed by atoms with van der Waals surface area (Å²) in [4.78, 5) is 12.8. The molecule has 0 aliphatic carbocycles. The van der Waals surface area contributed by atoms with Gasteiger partial charge in [0.25, 0.3) is 0 Å². The molecule has 0 bridgehead atoms. The number of carbonyl (C=O) groups excluding carboxylic acids is 1. The molecule has 1 aromatic carbocycles. The van der Waals surface area contributed by atoms with Gasteiger partial charge in [0.2, 0.25) is 5.91 Å². The lowest BCUT2D eigenvalue weighted by atomic mass is 10.2. The first-order valence-corrected chi connectivity index (χ1v) is 7.64. The van der Waals surface area contributed by atoms with Crippen molar-refractivity contribution in [3.05, 3.63) is 30.1 Å². The fourth-order valence-corrected chi connectivity index (χ4v) is 2.89. The van der Waals surface area contributed by atoms with Crippen molar-refractivity contribution in [3.63, 3.8) is 0 Å². The molecular formula is C14H20ClFN2OS. The Bertz CT molecular complexity index is 410. The summed E-state index contributed by atoms with van der Waals surface area (Å²) in [6, 6.07) is 6.50. The Balaban J connectivity index is 0.00000200. The molecule has 1 atom stereocenters. The van der Waals surface area contributed by atoms with E-state index in [1.807, 2.05) is 0 Å². The predicted molar refractivity (Wildman–Crippen MR) is 83.0 cm³/mol. The maximum atomic E-state index is 12.7. The molecule has 112 valence electrons. The van der Waals surface area contributed by atoms with Gasteiger partial charge in [-0.1, -0.05) is 0 Å². The predicted octanol–water partition coefficient (Wildman–Crippen LogP) is 2.60. The van der Waals surface area contributed by atoms with Gasteiger partial charge in [-0.2, -0.15) is 0 Å². The first-order chi connectivity index (χ1) is 9.25. The van der Waals surface area contributed by atoms with Crippen LogP contribution in [0.1, 0.15) is 19.3 Å². The van der Waals surface area contributed by atoms with Gasteiger partial charge in [-0.05, 0) is 55.8 Å². The second-order valence-corrected chi connectivity index (χ2v) is 5.76. The number of thioether (sulfide) groups is 1. The maximum Gasteiger partial charge on any atom is 0.237 e. The van der Waals surface area contributed by atoms with E-state index in [0.29, 0.717) is 6.54 Å². The SMILES string of the molecule is Cl.O=C(NCCCSc1ccc(F)cc1)C1CCCN1. The summed E-state index contributed by atoms with van der Waals surface area (Å²) in [5, 5.41) is 6.12. The minimum atomic E-state index is -0.208. The Kier molecular flexibility index (Phi) is 7.95. The van der Waals surface area contributed by atoms with Crippen LogP contribution in [0.3, 0.4) is 0 Å². The third kappa shape index (κ3) is 5.69. The number of hydrogen-bond donors (Lipinski definition) is 2. The van der Waals surface area contributed by atoms with Gasteiger partial charge in [0, 0.05) is 11.4 Å². The summed E-state index contributed by atoms with van der Waals surface area (Å²) in [7, 11) is 0. The van der Waals surface area contributed by atoms with Gasteiger partial charge in [0.15, 0.2) is 0 Å². The third-order valence-electron chi connectivity index (χ3n) is 3.08. The first-order valence-electron chi connectivity index (χ1n) is 6.65. The summed E-state index contributed by atoms with van der Waals surface area (Å²) in [6.45, 7) is 1.64. The molecule has 1 saturated heterocycles. The van der Waals surface area contributed by atoms with E-state index in [9.17, 15) is 9.18 Å². The molecule has 1 aliphatic heterocycles. The van der Waals surface area contributed by atoms with Gasteiger partial charge < -0.3 is 10.6 Å². The Morgan fingerprint density at radius 3 is 2.80 bits per heavy atom. The zero-order valence-corrected chi connectivity index (χ0v) is 12.9. The Hall–Kier alpha value is -0.780. The van der Waals surface area contributed by atoms with Gasteiger partial charge in [-0.3, -0.25) is 4.79 Å². The highest BCUT2D eigenvalue weighted by Gasteiger charge is 2.20. The number of hydrogen-bond acceptors (Lipinski definition) is 3. The molecule has 3 nitrogen and oxygen atoms in total. The minimum Gasteiger partial charge on any atom is -0.355 e. The average Bonchev–Trinajstić information content (AvgIpc) is 2.94. The maximum absolute atomic E-state index is 12.7. The van der Waals surface area contributed by atoms with Crippen LogP contribution >= 0.6 is 24.2 Å². The highest BCUT2D eigenvalue weighted by molar-refractivity contribution is 7.99. The molecule has 0 aromatic heterocycles. The Morgan fingerprint density at radius 2 is 2.15 bits per heavy atom. The molecular weight excluding hydrogens is 299 g/mol. The Labute approximate surface area is 129 Å². The molecule has 1 aliphatic rings. The minimum absolute atomic E-state index is 0. The van der Waals surface area contributed by atoms with Crippen LogP contribution in [0.5, 0.6) is 0 Å². The molecule has 0 radical (unpaired) electrons. The van der Waals surface area contributed by atoms with Crippen LogP contribution in [0.15, 0.2) is 29.2 Å². The monoisotopic (exact) mass is 318 g/mol. The number of nitrogens with one attached hydrogen (secondary N) is 2. The summed E-state index contributed by atoms with van der Waals surface area (Å²) in [5.74, 6) is 0.828. The molecule has 20 heavy (non-hydrogen) atoms. The first kappa shape index (κ1) is 17.3. The second-order valence-electron chi connectivity index (χ2n) is 4.60. The highest BCUT2D eigenvalue weighted by Crippen LogP contribution is 2.18. The van der Waals surface area contributed by atoms with Crippen molar-refractivity contribution in [2.24, 2.45) is 0 Å². The van der Waals surface area contributed by atoms with Gasteiger partial charge >= 0.3 is 0 Å². The molecule has 1 unspecified atom stereocenters. The van der Waals surface area contributed by atoms with Crippen molar-refractivity contribution >= 4 is 30.1 Å². The molecule has 1 fully saturated rings. The molecule has 2 N–H and O–H groups in total. The smallest absolute Gasteiger partial charge is 0.237 e. The van der Waals surface area contributed by atoms with E-state index in [4.69, 9.17) is 0 Å². The number of carbonyl (C=O) groups is 1. The highest BCUT2D eigenvalue weighted by atomic mass is 35.5. The van der Waals surface area contributed by atoms with Crippen LogP contribution in [0.2, 0.25) is 0 Å². The van der Waals surface area contributed by atoms with E-state index >= 15 is 0 Å². The van der Waals surface area contributed by atoms with Gasteiger partial charge in [-0.15, -0.1) is 24.2 Å². The van der Waals surface area contributed by atoms with Crippen LogP contribution in [0.4, 0.5) is 4.39 Å². The van der Waals surface area contributed by atoms with E-state index in [2.05, 4.69) is 10.6 Å². The summed E-state index contributed by atoms with van der Waals surface area (Å²) >= 11 is 1.68. The van der Waals surface area contributed by atoms with E-state index in [0.717, 1.165) is 36.5 Å². The van der Waals surface area contributed by atoms with Gasteiger partial charge in [0.05, 0.1) is 6.04 Å². The van der Waals surface area contributed by atoms with E-state index < -0.39 is 0 Å². The largest absolute Gasteiger partial charge is 0.355 e. The van der Waals surface area contributed by atoms with E-state index in [1.54, 1.807) is 23.9 Å². The molecule has 1 aromatic rings. The van der Waals surface area contributed by atoms with Crippen molar-refractivity contribution in [2.45, 2.75) is 30.2 Å². The zero-order valence-electron chi connectivity index (χ0n) is 11.2. The van der Waals surface area contributed by atoms with Crippen molar-refractivity contribution in [1.29, 1.82) is 0 Å². The summed E-state index contributed by atoms with van der Waals surface area (Å²) < 4.78 is 12.7. The molecule has 1 heterocycles. The van der Waals surface area contributed by atoms with Crippen molar-refractivity contribution in [3.8, 4) is 0 Å². The number of halogens is 2. The second kappa shape index (κ2) is 9.21. The standard InChI is InChI=1S/C14H19FN2OS.ClH/c15-11-4-6-12(7-5-11)19-10-2-9-17-14(18)13-3-1-8-16-13;/h4-7,13,16H,1-3,8-10H2,(H,17,18);1H. The quantitative estimate of drug-likeness (QED) is 0.626. The van der Waals surface area contributed by atoms with Crippen LogP contribution < -0.4 is 10.6 Å². The van der Waals surface area contributed by atoms with E-state index in [-0.39, 0.29) is 30.2 Å². The van der Waals surface area contributed by atoms with Crippen LogP contribution in [-0.2, 0) is 4.79 Å². The van der Waals surface area contributed by atoms with Crippen molar-refractivity contribution in [2.75, 3.05) is 18.8 Å². The fourth-order valence-electron chi connectivity index (χ4n) is 2.04. The van der Waals surface area contributed by atoms with Crippen LogP contribution in [0, 0.1) is 5.82 Å². The number of amides is 1. The molecule has 0 saturated carbocycles. The topological polar surface area (TPSA) is 41.1 Å². The summed E-state index contributed by atoms with van der Waals surface area (Å²) in [6.07, 6.45) is 2.94. The summed E-state index contributed by atoms with van der Waals surface area (Å²) in [5.41, 5.74) is 0. The number of rotatable bonds is 6. The van der Waals surface area contributed by atoms with Crippen molar-refractivity contribution in [1.82, 2.24) is 10.6 Å². The molecule has 2 rings (SSSR count). The molecule has 0 spiro atoms. The van der Waals surface area contributed by atoms with Gasteiger partial charge in [-0.25, -0.2) is 4.39 Å².